The van der Waals surface area contributed by atoms with Gasteiger partial charge in [-0.05, 0) is 6.92 Å². The molecule has 0 saturated heterocycles. The number of aryl methyl sites for hydroxylation is 2. The van der Waals surface area contributed by atoms with Crippen molar-refractivity contribution >= 4 is 23.2 Å². The number of nitriles is 1. The highest BCUT2D eigenvalue weighted by Gasteiger charge is 2.15. The highest BCUT2D eigenvalue weighted by molar-refractivity contribution is 6.31. The maximum absolute atomic E-state index is 8.77. The van der Waals surface area contributed by atoms with Crippen LogP contribution in [0, 0.1) is 24.2 Å². The number of nitrogens with zero attached hydrogens (tertiary/aromatic N) is 3. The van der Waals surface area contributed by atoms with E-state index in [4.69, 9.17) is 28.5 Å². The van der Waals surface area contributed by atoms with Crippen LogP contribution in [0.2, 0.25) is 5.02 Å². The zero-order valence-corrected chi connectivity index (χ0v) is 9.60. The van der Waals surface area contributed by atoms with Crippen molar-refractivity contribution in [3.8, 4) is 6.07 Å². The van der Waals surface area contributed by atoms with E-state index in [0.717, 1.165) is 11.4 Å². The third-order valence-corrected chi connectivity index (χ3v) is 2.93. The SMILES string of the molecule is Cc1nn(C)c(CC(C#N)CCl)c1Cl. The molecule has 1 atom stereocenters. The van der Waals surface area contributed by atoms with Gasteiger partial charge in [-0.25, -0.2) is 0 Å². The predicted molar refractivity (Wildman–Crippen MR) is 56.5 cm³/mol. The molecule has 0 aliphatic heterocycles. The molecule has 0 bridgehead atoms. The van der Waals surface area contributed by atoms with Gasteiger partial charge in [-0.2, -0.15) is 10.4 Å². The quantitative estimate of drug-likeness (QED) is 0.750. The molecule has 0 N–H and O–H groups in total. The number of rotatable bonds is 3. The lowest BCUT2D eigenvalue weighted by molar-refractivity contribution is 0.647. The first-order valence-electron chi connectivity index (χ1n) is 4.23. The number of aromatic nitrogens is 2. The van der Waals surface area contributed by atoms with E-state index in [0.29, 0.717) is 17.3 Å². The standard InChI is InChI=1S/C9H11Cl2N3/c1-6-9(11)8(14(2)13-6)3-7(4-10)5-12/h7H,3-4H2,1-2H3. The van der Waals surface area contributed by atoms with Gasteiger partial charge < -0.3 is 0 Å². The van der Waals surface area contributed by atoms with Crippen molar-refractivity contribution in [2.45, 2.75) is 13.3 Å². The minimum absolute atomic E-state index is 0.205. The summed E-state index contributed by atoms with van der Waals surface area (Å²) >= 11 is 11.7. The average Bonchev–Trinajstić information content (AvgIpc) is 2.40. The summed E-state index contributed by atoms with van der Waals surface area (Å²) in [7, 11) is 1.82. The Kier molecular flexibility index (Phi) is 3.79. The monoisotopic (exact) mass is 231 g/mol. The number of hydrogen-bond acceptors (Lipinski definition) is 2. The van der Waals surface area contributed by atoms with Crippen LogP contribution in [0.15, 0.2) is 0 Å². The van der Waals surface area contributed by atoms with Crippen LogP contribution in [-0.2, 0) is 13.5 Å². The van der Waals surface area contributed by atoms with E-state index in [1.54, 1.807) is 4.68 Å². The molecule has 5 heteroatoms. The molecule has 76 valence electrons. The van der Waals surface area contributed by atoms with Crippen molar-refractivity contribution in [2.24, 2.45) is 13.0 Å². The first kappa shape index (κ1) is 11.4. The van der Waals surface area contributed by atoms with Gasteiger partial charge in [0.1, 0.15) is 0 Å². The summed E-state index contributed by atoms with van der Waals surface area (Å²) in [5.74, 6) is 0.112. The van der Waals surface area contributed by atoms with Crippen molar-refractivity contribution in [1.29, 1.82) is 5.26 Å². The Bertz CT molecular complexity index is 365. The van der Waals surface area contributed by atoms with Gasteiger partial charge in [-0.1, -0.05) is 11.6 Å². The molecule has 1 unspecified atom stereocenters. The number of alkyl halides is 1. The smallest absolute Gasteiger partial charge is 0.0847 e. The van der Waals surface area contributed by atoms with Crippen molar-refractivity contribution in [2.75, 3.05) is 5.88 Å². The largest absolute Gasteiger partial charge is 0.271 e. The van der Waals surface area contributed by atoms with Gasteiger partial charge in [0, 0.05) is 19.3 Å². The molecule has 1 aromatic rings. The first-order valence-corrected chi connectivity index (χ1v) is 5.15. The summed E-state index contributed by atoms with van der Waals surface area (Å²) in [5, 5.41) is 13.6. The van der Waals surface area contributed by atoms with E-state index in [9.17, 15) is 0 Å². The average molecular weight is 232 g/mol. The fourth-order valence-corrected chi connectivity index (χ4v) is 1.69. The van der Waals surface area contributed by atoms with Gasteiger partial charge in [0.15, 0.2) is 0 Å². The van der Waals surface area contributed by atoms with Crippen molar-refractivity contribution in [3.63, 3.8) is 0 Å². The third-order valence-electron chi connectivity index (χ3n) is 2.07. The van der Waals surface area contributed by atoms with Gasteiger partial charge in [-0.15, -0.1) is 11.6 Å². The van der Waals surface area contributed by atoms with Crippen LogP contribution >= 0.6 is 23.2 Å². The molecule has 0 saturated carbocycles. The molecule has 0 aliphatic carbocycles. The second kappa shape index (κ2) is 4.68. The Morgan fingerprint density at radius 1 is 1.64 bits per heavy atom. The normalized spacial score (nSPS) is 12.5. The van der Waals surface area contributed by atoms with Crippen molar-refractivity contribution in [3.05, 3.63) is 16.4 Å². The Morgan fingerprint density at radius 2 is 2.29 bits per heavy atom. The molecule has 0 fully saturated rings. The van der Waals surface area contributed by atoms with Crippen LogP contribution < -0.4 is 0 Å². The van der Waals surface area contributed by atoms with Gasteiger partial charge >= 0.3 is 0 Å². The van der Waals surface area contributed by atoms with E-state index in [-0.39, 0.29) is 5.92 Å². The van der Waals surface area contributed by atoms with Crippen LogP contribution in [0.3, 0.4) is 0 Å². The Labute approximate surface area is 93.2 Å². The van der Waals surface area contributed by atoms with Crippen LogP contribution in [0.25, 0.3) is 0 Å². The fraction of sp³-hybridized carbons (Fsp3) is 0.556. The Morgan fingerprint density at radius 3 is 2.64 bits per heavy atom. The van der Waals surface area contributed by atoms with E-state index in [2.05, 4.69) is 11.2 Å². The lowest BCUT2D eigenvalue weighted by Crippen LogP contribution is -2.08. The fourth-order valence-electron chi connectivity index (χ4n) is 1.27. The Hall–Kier alpha value is -0.720. The van der Waals surface area contributed by atoms with Gasteiger partial charge in [0.25, 0.3) is 0 Å². The molecule has 14 heavy (non-hydrogen) atoms. The molecule has 1 rings (SSSR count). The van der Waals surface area contributed by atoms with Crippen LogP contribution in [-0.4, -0.2) is 15.7 Å². The van der Waals surface area contributed by atoms with Crippen molar-refractivity contribution in [1.82, 2.24) is 9.78 Å². The van der Waals surface area contributed by atoms with E-state index in [1.807, 2.05) is 14.0 Å². The minimum Gasteiger partial charge on any atom is -0.271 e. The maximum Gasteiger partial charge on any atom is 0.0847 e. The van der Waals surface area contributed by atoms with Crippen LogP contribution in [0.4, 0.5) is 0 Å². The molecule has 1 heterocycles. The van der Waals surface area contributed by atoms with Gasteiger partial charge in [0.2, 0.25) is 0 Å². The molecule has 0 radical (unpaired) electrons. The summed E-state index contributed by atoms with van der Waals surface area (Å²) in [6.45, 7) is 1.84. The van der Waals surface area contributed by atoms with Gasteiger partial charge in [-0.3, -0.25) is 4.68 Å². The van der Waals surface area contributed by atoms with E-state index < -0.39 is 0 Å². The molecular weight excluding hydrogens is 221 g/mol. The second-order valence-electron chi connectivity index (χ2n) is 3.15. The van der Waals surface area contributed by atoms with E-state index in [1.165, 1.54) is 0 Å². The molecule has 0 spiro atoms. The zero-order chi connectivity index (χ0) is 10.7. The minimum atomic E-state index is -0.205. The lowest BCUT2D eigenvalue weighted by atomic mass is 10.1. The van der Waals surface area contributed by atoms with E-state index >= 15 is 0 Å². The third kappa shape index (κ3) is 2.20. The van der Waals surface area contributed by atoms with Crippen LogP contribution in [0.1, 0.15) is 11.4 Å². The van der Waals surface area contributed by atoms with Crippen LogP contribution in [0.5, 0.6) is 0 Å². The summed E-state index contributed by atoms with van der Waals surface area (Å²) in [4.78, 5) is 0. The highest BCUT2D eigenvalue weighted by Crippen LogP contribution is 2.22. The first-order chi connectivity index (χ1) is 6.60. The summed E-state index contributed by atoms with van der Waals surface area (Å²) < 4.78 is 1.70. The maximum atomic E-state index is 8.77. The van der Waals surface area contributed by atoms with Crippen molar-refractivity contribution < 1.29 is 0 Å². The zero-order valence-electron chi connectivity index (χ0n) is 8.09. The summed E-state index contributed by atoms with van der Waals surface area (Å²) in [6.07, 6.45) is 0.552. The number of hydrogen-bond donors (Lipinski definition) is 0. The predicted octanol–water partition coefficient (Wildman–Crippen LogP) is 2.30. The summed E-state index contributed by atoms with van der Waals surface area (Å²) in [5.41, 5.74) is 1.66. The molecule has 3 nitrogen and oxygen atoms in total. The Balaban J connectivity index is 2.91. The molecule has 1 aromatic heterocycles. The summed E-state index contributed by atoms with van der Waals surface area (Å²) in [6, 6.07) is 2.13. The second-order valence-corrected chi connectivity index (χ2v) is 3.84. The molecule has 0 aliphatic rings. The molecule has 0 amide bonds. The number of halogens is 2. The van der Waals surface area contributed by atoms with Gasteiger partial charge in [0.05, 0.1) is 28.4 Å². The lowest BCUT2D eigenvalue weighted by Gasteiger charge is -2.05. The topological polar surface area (TPSA) is 41.6 Å². The highest BCUT2D eigenvalue weighted by atomic mass is 35.5. The molecule has 0 aromatic carbocycles. The molecular formula is C9H11Cl2N3.